The maximum atomic E-state index is 11.5. The highest BCUT2D eigenvalue weighted by Crippen LogP contribution is 2.48. The van der Waals surface area contributed by atoms with Gasteiger partial charge < -0.3 is 10.4 Å². The fraction of sp³-hybridized carbons (Fsp3) is 0.412. The van der Waals surface area contributed by atoms with Crippen LogP contribution >= 0.6 is 0 Å². The van der Waals surface area contributed by atoms with E-state index in [1.54, 1.807) is 0 Å². The second-order valence-corrected chi connectivity index (χ2v) is 6.37. The minimum absolute atomic E-state index is 0.0329. The van der Waals surface area contributed by atoms with Gasteiger partial charge in [-0.15, -0.1) is 0 Å². The molecule has 2 N–H and O–H groups in total. The molecule has 22 heavy (non-hydrogen) atoms. The molecule has 5 nitrogen and oxygen atoms in total. The molecule has 1 spiro atoms. The van der Waals surface area contributed by atoms with E-state index >= 15 is 0 Å². The molecule has 1 unspecified atom stereocenters. The second-order valence-electron chi connectivity index (χ2n) is 6.37. The molecule has 2 aliphatic rings. The summed E-state index contributed by atoms with van der Waals surface area (Å²) in [6.45, 7) is 0. The van der Waals surface area contributed by atoms with Gasteiger partial charge in [0.25, 0.3) is 0 Å². The normalized spacial score (nSPS) is 22.3. The number of benzene rings is 1. The van der Waals surface area contributed by atoms with Crippen molar-refractivity contribution in [1.29, 1.82) is 0 Å². The van der Waals surface area contributed by atoms with Crippen molar-refractivity contribution >= 4 is 11.8 Å². The third kappa shape index (κ3) is 1.92. The lowest BCUT2D eigenvalue weighted by Gasteiger charge is -2.40. The van der Waals surface area contributed by atoms with Crippen molar-refractivity contribution in [3.63, 3.8) is 0 Å². The Morgan fingerprint density at radius 3 is 2.68 bits per heavy atom. The van der Waals surface area contributed by atoms with Crippen LogP contribution in [0.5, 0.6) is 0 Å². The molecule has 1 aromatic carbocycles. The predicted octanol–water partition coefficient (Wildman–Crippen LogP) is 3.41. The second kappa shape index (κ2) is 4.87. The Hall–Kier alpha value is -2.30. The fourth-order valence-electron chi connectivity index (χ4n) is 4.02. The van der Waals surface area contributed by atoms with E-state index in [1.165, 1.54) is 24.6 Å². The summed E-state index contributed by atoms with van der Waals surface area (Å²) >= 11 is 0. The van der Waals surface area contributed by atoms with Crippen molar-refractivity contribution in [2.45, 2.75) is 43.7 Å². The van der Waals surface area contributed by atoms with Crippen LogP contribution in [-0.2, 0) is 5.54 Å². The summed E-state index contributed by atoms with van der Waals surface area (Å²) in [5.41, 5.74) is 1.44. The van der Waals surface area contributed by atoms with Gasteiger partial charge in [0.1, 0.15) is 11.4 Å². The Kier molecular flexibility index (Phi) is 2.96. The summed E-state index contributed by atoms with van der Waals surface area (Å²) in [5, 5.41) is 17.3. The molecule has 1 aliphatic carbocycles. The Morgan fingerprint density at radius 1 is 1.27 bits per heavy atom. The number of fused-ring (bicyclic) bond motifs is 2. The van der Waals surface area contributed by atoms with Gasteiger partial charge in [-0.05, 0) is 24.8 Å². The Balaban J connectivity index is 1.81. The van der Waals surface area contributed by atoms with Crippen LogP contribution in [0.1, 0.15) is 54.1 Å². The highest BCUT2D eigenvalue weighted by atomic mass is 16.4. The van der Waals surface area contributed by atoms with Crippen molar-refractivity contribution < 1.29 is 9.90 Å². The van der Waals surface area contributed by atoms with Crippen molar-refractivity contribution in [2.24, 2.45) is 0 Å². The van der Waals surface area contributed by atoms with Crippen LogP contribution < -0.4 is 5.32 Å². The number of aromatic carboxylic acids is 1. The van der Waals surface area contributed by atoms with Crippen LogP contribution in [-0.4, -0.2) is 20.9 Å². The Bertz CT molecular complexity index is 702. The molecule has 0 bridgehead atoms. The largest absolute Gasteiger partial charge is 0.477 e. The zero-order valence-electron chi connectivity index (χ0n) is 12.3. The highest BCUT2D eigenvalue weighted by molar-refractivity contribution is 5.93. The van der Waals surface area contributed by atoms with E-state index in [9.17, 15) is 9.90 Å². The molecular weight excluding hydrogens is 278 g/mol. The molecule has 1 atom stereocenters. The number of carboxylic acids is 1. The molecule has 2 heterocycles. The molecule has 2 aromatic rings. The van der Waals surface area contributed by atoms with E-state index in [0.717, 1.165) is 19.3 Å². The van der Waals surface area contributed by atoms with Crippen LogP contribution in [0.25, 0.3) is 0 Å². The lowest BCUT2D eigenvalue weighted by atomic mass is 9.84. The first-order valence-electron chi connectivity index (χ1n) is 7.83. The van der Waals surface area contributed by atoms with Crippen molar-refractivity contribution in [2.75, 3.05) is 5.32 Å². The van der Waals surface area contributed by atoms with Crippen LogP contribution in [0.2, 0.25) is 0 Å². The van der Waals surface area contributed by atoms with Gasteiger partial charge in [0.15, 0.2) is 0 Å². The number of rotatable bonds is 2. The molecule has 5 heteroatoms. The number of hydrogen-bond acceptors (Lipinski definition) is 3. The van der Waals surface area contributed by atoms with E-state index < -0.39 is 5.97 Å². The Morgan fingerprint density at radius 2 is 2.00 bits per heavy atom. The monoisotopic (exact) mass is 297 g/mol. The minimum Gasteiger partial charge on any atom is -0.477 e. The van der Waals surface area contributed by atoms with Crippen LogP contribution in [0.15, 0.2) is 36.5 Å². The predicted molar refractivity (Wildman–Crippen MR) is 83.1 cm³/mol. The molecule has 114 valence electrons. The van der Waals surface area contributed by atoms with Gasteiger partial charge >= 0.3 is 5.97 Å². The van der Waals surface area contributed by atoms with Crippen molar-refractivity contribution in [1.82, 2.24) is 9.78 Å². The minimum atomic E-state index is -0.921. The first-order valence-corrected chi connectivity index (χ1v) is 7.83. The standard InChI is InChI=1S/C17H19N3O2/c21-16(22)13-11-18-20-15(13)19-14(12-6-2-1-3-7-12)10-17(20)8-4-5-9-17/h1-3,6-7,11,14,19H,4-5,8-10H2,(H,21,22). The van der Waals surface area contributed by atoms with E-state index in [1.807, 2.05) is 22.9 Å². The number of nitrogens with one attached hydrogen (secondary N) is 1. The number of nitrogens with zero attached hydrogens (tertiary/aromatic N) is 2. The van der Waals surface area contributed by atoms with E-state index in [2.05, 4.69) is 22.5 Å². The topological polar surface area (TPSA) is 67.1 Å². The quantitative estimate of drug-likeness (QED) is 0.891. The first-order chi connectivity index (χ1) is 10.7. The molecule has 0 amide bonds. The summed E-state index contributed by atoms with van der Waals surface area (Å²) in [6, 6.07) is 10.4. The van der Waals surface area contributed by atoms with Gasteiger partial charge in [0.2, 0.25) is 0 Å². The fourth-order valence-corrected chi connectivity index (χ4v) is 4.02. The molecule has 0 saturated heterocycles. The Labute approximate surface area is 129 Å². The smallest absolute Gasteiger partial charge is 0.341 e. The van der Waals surface area contributed by atoms with Gasteiger partial charge in [0, 0.05) is 0 Å². The summed E-state index contributed by atoms with van der Waals surface area (Å²) < 4.78 is 1.95. The average Bonchev–Trinajstić information content (AvgIpc) is 3.16. The lowest BCUT2D eigenvalue weighted by Crippen LogP contribution is -2.40. The zero-order valence-corrected chi connectivity index (χ0v) is 12.3. The molecule has 1 fully saturated rings. The number of carboxylic acid groups (broad SMARTS) is 1. The van der Waals surface area contributed by atoms with Gasteiger partial charge in [-0.2, -0.15) is 5.10 Å². The summed E-state index contributed by atoms with van der Waals surface area (Å²) in [4.78, 5) is 11.5. The van der Waals surface area contributed by atoms with E-state index in [-0.39, 0.29) is 17.1 Å². The third-order valence-electron chi connectivity index (χ3n) is 5.08. The van der Waals surface area contributed by atoms with E-state index in [4.69, 9.17) is 0 Å². The van der Waals surface area contributed by atoms with Crippen molar-refractivity contribution in [3.05, 3.63) is 47.7 Å². The molecule has 4 rings (SSSR count). The molecule has 0 radical (unpaired) electrons. The van der Waals surface area contributed by atoms with Gasteiger partial charge in [0.05, 0.1) is 17.8 Å². The summed E-state index contributed by atoms with van der Waals surface area (Å²) in [7, 11) is 0. The zero-order chi connectivity index (χ0) is 15.2. The molecular formula is C17H19N3O2. The maximum Gasteiger partial charge on any atom is 0.341 e. The lowest BCUT2D eigenvalue weighted by molar-refractivity contribution is 0.0697. The number of hydrogen-bond donors (Lipinski definition) is 2. The SMILES string of the molecule is O=C(O)c1cnn2c1NC(c1ccccc1)CC21CCCC1. The number of aromatic nitrogens is 2. The van der Waals surface area contributed by atoms with Crippen LogP contribution in [0.3, 0.4) is 0 Å². The summed E-state index contributed by atoms with van der Waals surface area (Å²) in [6.07, 6.45) is 6.97. The number of anilines is 1. The highest BCUT2D eigenvalue weighted by Gasteiger charge is 2.44. The maximum absolute atomic E-state index is 11.5. The van der Waals surface area contributed by atoms with Crippen molar-refractivity contribution in [3.8, 4) is 0 Å². The molecule has 1 saturated carbocycles. The number of carbonyl (C=O) groups is 1. The molecule has 1 aromatic heterocycles. The first kappa shape index (κ1) is 13.4. The summed E-state index contributed by atoms with van der Waals surface area (Å²) in [5.74, 6) is -0.259. The molecule has 1 aliphatic heterocycles. The van der Waals surface area contributed by atoms with Crippen LogP contribution in [0, 0.1) is 0 Å². The average molecular weight is 297 g/mol. The van der Waals surface area contributed by atoms with E-state index in [0.29, 0.717) is 5.82 Å². The van der Waals surface area contributed by atoms with Gasteiger partial charge in [-0.25, -0.2) is 9.48 Å². The van der Waals surface area contributed by atoms with Gasteiger partial charge in [-0.1, -0.05) is 43.2 Å². The van der Waals surface area contributed by atoms with Crippen LogP contribution in [0.4, 0.5) is 5.82 Å². The van der Waals surface area contributed by atoms with Gasteiger partial charge in [-0.3, -0.25) is 0 Å². The third-order valence-corrected chi connectivity index (χ3v) is 5.08.